The lowest BCUT2D eigenvalue weighted by Crippen LogP contribution is -2.23. The molecule has 0 aromatic carbocycles. The largest absolute Gasteiger partial charge is 0.393 e. The van der Waals surface area contributed by atoms with Gasteiger partial charge in [-0.25, -0.2) is 0 Å². The summed E-state index contributed by atoms with van der Waals surface area (Å²) in [5, 5.41) is 27.7. The Bertz CT molecular complexity index is 270. The van der Waals surface area contributed by atoms with E-state index < -0.39 is 6.10 Å². The van der Waals surface area contributed by atoms with Gasteiger partial charge in [-0.2, -0.15) is 5.26 Å². The highest BCUT2D eigenvalue weighted by Gasteiger charge is 2.35. The first-order valence-corrected chi connectivity index (χ1v) is 6.09. The normalized spacial score (nSPS) is 31.8. The van der Waals surface area contributed by atoms with Crippen LogP contribution in [0.3, 0.4) is 0 Å². The van der Waals surface area contributed by atoms with Gasteiger partial charge in [0.25, 0.3) is 0 Å². The molecule has 0 aromatic heterocycles. The third-order valence-electron chi connectivity index (χ3n) is 3.42. The molecular weight excluding hydrogens is 202 g/mol. The first kappa shape index (κ1) is 13.2. The summed E-state index contributed by atoms with van der Waals surface area (Å²) in [6.07, 6.45) is 7.18. The van der Waals surface area contributed by atoms with E-state index in [1.165, 1.54) is 0 Å². The van der Waals surface area contributed by atoms with Crippen LogP contribution in [0.25, 0.3) is 0 Å². The Morgan fingerprint density at radius 3 is 2.81 bits per heavy atom. The molecule has 0 saturated heterocycles. The summed E-state index contributed by atoms with van der Waals surface area (Å²) in [5.74, 6) is 0.497. The van der Waals surface area contributed by atoms with E-state index in [-0.39, 0.29) is 12.0 Å². The predicted molar refractivity (Wildman–Crippen MR) is 62.5 cm³/mol. The van der Waals surface area contributed by atoms with Gasteiger partial charge < -0.3 is 10.2 Å². The van der Waals surface area contributed by atoms with Crippen molar-refractivity contribution in [1.82, 2.24) is 0 Å². The SMILES string of the molecule is CC/C=C\C[C@@H]1CC[C@@H](O)[C@H]1CC(O)C#N. The van der Waals surface area contributed by atoms with Crippen LogP contribution in [-0.4, -0.2) is 22.4 Å². The van der Waals surface area contributed by atoms with Gasteiger partial charge in [-0.3, -0.25) is 0 Å². The van der Waals surface area contributed by atoms with Crippen molar-refractivity contribution in [3.05, 3.63) is 12.2 Å². The average molecular weight is 223 g/mol. The van der Waals surface area contributed by atoms with Crippen molar-refractivity contribution >= 4 is 0 Å². The summed E-state index contributed by atoms with van der Waals surface area (Å²) in [7, 11) is 0. The molecule has 0 spiro atoms. The van der Waals surface area contributed by atoms with E-state index in [0.717, 1.165) is 25.7 Å². The second kappa shape index (κ2) is 6.67. The summed E-state index contributed by atoms with van der Waals surface area (Å²) in [5.41, 5.74) is 0. The number of rotatable bonds is 5. The molecule has 0 amide bonds. The fourth-order valence-corrected chi connectivity index (χ4v) is 2.52. The van der Waals surface area contributed by atoms with Crippen LogP contribution in [-0.2, 0) is 0 Å². The molecule has 1 fully saturated rings. The highest BCUT2D eigenvalue weighted by molar-refractivity contribution is 4.95. The molecule has 4 atom stereocenters. The van der Waals surface area contributed by atoms with Crippen LogP contribution >= 0.6 is 0 Å². The van der Waals surface area contributed by atoms with E-state index in [1.807, 2.05) is 6.07 Å². The first-order valence-electron chi connectivity index (χ1n) is 6.09. The van der Waals surface area contributed by atoms with E-state index in [1.54, 1.807) is 0 Å². The zero-order chi connectivity index (χ0) is 12.0. The maximum absolute atomic E-state index is 9.82. The van der Waals surface area contributed by atoms with Crippen molar-refractivity contribution in [3.63, 3.8) is 0 Å². The van der Waals surface area contributed by atoms with Gasteiger partial charge in [0.05, 0.1) is 12.2 Å². The van der Waals surface area contributed by atoms with Crippen LogP contribution in [0.5, 0.6) is 0 Å². The average Bonchev–Trinajstić information content (AvgIpc) is 2.61. The van der Waals surface area contributed by atoms with Gasteiger partial charge >= 0.3 is 0 Å². The highest BCUT2D eigenvalue weighted by Crippen LogP contribution is 2.37. The number of allylic oxidation sites excluding steroid dienone is 2. The molecule has 0 aliphatic heterocycles. The summed E-state index contributed by atoms with van der Waals surface area (Å²) < 4.78 is 0. The molecule has 0 radical (unpaired) electrons. The van der Waals surface area contributed by atoms with Crippen LogP contribution in [0.1, 0.15) is 39.0 Å². The third kappa shape index (κ3) is 3.62. The Balaban J connectivity index is 2.49. The summed E-state index contributed by atoms with van der Waals surface area (Å²) in [6, 6.07) is 1.83. The maximum Gasteiger partial charge on any atom is 0.140 e. The van der Waals surface area contributed by atoms with Gasteiger partial charge in [-0.15, -0.1) is 0 Å². The van der Waals surface area contributed by atoms with E-state index >= 15 is 0 Å². The summed E-state index contributed by atoms with van der Waals surface area (Å²) >= 11 is 0. The van der Waals surface area contributed by atoms with Gasteiger partial charge in [0.2, 0.25) is 0 Å². The van der Waals surface area contributed by atoms with Gasteiger partial charge in [0.15, 0.2) is 0 Å². The second-order valence-electron chi connectivity index (χ2n) is 4.56. The van der Waals surface area contributed by atoms with Crippen LogP contribution < -0.4 is 0 Å². The van der Waals surface area contributed by atoms with Crippen molar-refractivity contribution in [2.45, 2.75) is 51.2 Å². The van der Waals surface area contributed by atoms with E-state index in [2.05, 4.69) is 19.1 Å². The van der Waals surface area contributed by atoms with Gasteiger partial charge in [-0.1, -0.05) is 19.1 Å². The number of nitriles is 1. The summed E-state index contributed by atoms with van der Waals surface area (Å²) in [4.78, 5) is 0. The molecule has 0 aromatic rings. The number of aliphatic hydroxyl groups excluding tert-OH is 2. The quantitative estimate of drug-likeness (QED) is 0.553. The number of hydrogen-bond acceptors (Lipinski definition) is 3. The lowest BCUT2D eigenvalue weighted by Gasteiger charge is -2.21. The Morgan fingerprint density at radius 2 is 2.19 bits per heavy atom. The molecule has 90 valence electrons. The fraction of sp³-hybridized carbons (Fsp3) is 0.769. The number of hydrogen-bond donors (Lipinski definition) is 2. The van der Waals surface area contributed by atoms with Crippen LogP contribution in [0.4, 0.5) is 0 Å². The fourth-order valence-electron chi connectivity index (χ4n) is 2.52. The molecule has 1 aliphatic carbocycles. The minimum atomic E-state index is -0.935. The van der Waals surface area contributed by atoms with Crippen molar-refractivity contribution in [1.29, 1.82) is 5.26 Å². The van der Waals surface area contributed by atoms with Crippen molar-refractivity contribution < 1.29 is 10.2 Å². The molecule has 1 unspecified atom stereocenters. The van der Waals surface area contributed by atoms with Crippen LogP contribution in [0.2, 0.25) is 0 Å². The zero-order valence-corrected chi connectivity index (χ0v) is 9.84. The molecule has 0 bridgehead atoms. The standard InChI is InChI=1S/C13H21NO2/c1-2-3-4-5-10-6-7-13(16)12(10)8-11(15)9-14/h3-4,10-13,15-16H,2,5-8H2,1H3/b4-3-/t10-,11?,12+,13-/m1/s1. The Kier molecular flexibility index (Phi) is 5.51. The minimum Gasteiger partial charge on any atom is -0.393 e. The second-order valence-corrected chi connectivity index (χ2v) is 4.56. The van der Waals surface area contributed by atoms with Gasteiger partial charge in [-0.05, 0) is 43.9 Å². The molecule has 1 saturated carbocycles. The molecular formula is C13H21NO2. The van der Waals surface area contributed by atoms with Crippen LogP contribution in [0, 0.1) is 23.2 Å². The highest BCUT2D eigenvalue weighted by atomic mass is 16.3. The minimum absolute atomic E-state index is 0.0798. The Morgan fingerprint density at radius 1 is 1.44 bits per heavy atom. The molecule has 16 heavy (non-hydrogen) atoms. The van der Waals surface area contributed by atoms with Crippen molar-refractivity contribution in [2.75, 3.05) is 0 Å². The number of aliphatic hydroxyl groups is 2. The van der Waals surface area contributed by atoms with Gasteiger partial charge in [0.1, 0.15) is 6.10 Å². The lowest BCUT2D eigenvalue weighted by atomic mass is 9.87. The predicted octanol–water partition coefficient (Wildman–Crippen LogP) is 2.00. The maximum atomic E-state index is 9.82. The zero-order valence-electron chi connectivity index (χ0n) is 9.84. The van der Waals surface area contributed by atoms with E-state index in [0.29, 0.717) is 12.3 Å². The van der Waals surface area contributed by atoms with Gasteiger partial charge in [0, 0.05) is 0 Å². The molecule has 1 aliphatic rings. The Hall–Kier alpha value is -0.850. The first-order chi connectivity index (χ1) is 7.69. The lowest BCUT2D eigenvalue weighted by molar-refractivity contribution is 0.0822. The monoisotopic (exact) mass is 223 g/mol. The topological polar surface area (TPSA) is 64.2 Å². The van der Waals surface area contributed by atoms with Crippen molar-refractivity contribution in [2.24, 2.45) is 11.8 Å². The summed E-state index contributed by atoms with van der Waals surface area (Å²) in [6.45, 7) is 2.09. The number of nitrogens with zero attached hydrogens (tertiary/aromatic N) is 1. The van der Waals surface area contributed by atoms with Crippen molar-refractivity contribution in [3.8, 4) is 6.07 Å². The molecule has 3 nitrogen and oxygen atoms in total. The smallest absolute Gasteiger partial charge is 0.140 e. The van der Waals surface area contributed by atoms with E-state index in [4.69, 9.17) is 5.26 Å². The molecule has 0 heterocycles. The molecule has 3 heteroatoms. The molecule has 1 rings (SSSR count). The van der Waals surface area contributed by atoms with Crippen LogP contribution in [0.15, 0.2) is 12.2 Å². The molecule has 2 N–H and O–H groups in total. The van der Waals surface area contributed by atoms with E-state index in [9.17, 15) is 10.2 Å². The Labute approximate surface area is 97.4 Å². The third-order valence-corrected chi connectivity index (χ3v) is 3.42.